The van der Waals surface area contributed by atoms with Gasteiger partial charge in [-0.3, -0.25) is 9.67 Å². The first kappa shape index (κ1) is 9.98. The topological polar surface area (TPSA) is 30.7 Å². The average Bonchev–Trinajstić information content (AvgIpc) is 2.57. The zero-order chi connectivity index (χ0) is 9.97. The summed E-state index contributed by atoms with van der Waals surface area (Å²) >= 11 is 5.25. The van der Waals surface area contributed by atoms with Gasteiger partial charge >= 0.3 is 0 Å². The molecule has 5 heteroatoms. The van der Waals surface area contributed by atoms with Gasteiger partial charge in [0.25, 0.3) is 0 Å². The van der Waals surface area contributed by atoms with Crippen molar-refractivity contribution >= 4 is 38.7 Å². The molecule has 0 amide bonds. The molecule has 2 heterocycles. The van der Waals surface area contributed by atoms with Crippen LogP contribution in [0.15, 0.2) is 22.9 Å². The number of nitrogens with zero attached hydrogens (tertiary/aromatic N) is 3. The highest BCUT2D eigenvalue weighted by atomic mass is 79.9. The summed E-state index contributed by atoms with van der Waals surface area (Å²) in [5.74, 6) is 1.99. The molecule has 14 heavy (non-hydrogen) atoms. The van der Waals surface area contributed by atoms with Crippen LogP contribution >= 0.6 is 27.7 Å². The van der Waals surface area contributed by atoms with Gasteiger partial charge in [-0.05, 0) is 27.7 Å². The second-order valence-corrected chi connectivity index (χ2v) is 4.98. The summed E-state index contributed by atoms with van der Waals surface area (Å²) in [5.41, 5.74) is 2.03. The Labute approximate surface area is 95.0 Å². The maximum absolute atomic E-state index is 4.29. The van der Waals surface area contributed by atoms with Crippen molar-refractivity contribution in [3.63, 3.8) is 0 Å². The van der Waals surface area contributed by atoms with Gasteiger partial charge in [-0.2, -0.15) is 5.10 Å². The Morgan fingerprint density at radius 1 is 1.50 bits per heavy atom. The predicted molar refractivity (Wildman–Crippen MR) is 63.4 cm³/mol. The quantitative estimate of drug-likeness (QED) is 0.860. The lowest BCUT2D eigenvalue weighted by Crippen LogP contribution is -1.96. The number of fused-ring (bicyclic) bond motifs is 1. The smallest absolute Gasteiger partial charge is 0.108 e. The Balaban J connectivity index is 2.40. The van der Waals surface area contributed by atoms with E-state index in [0.717, 1.165) is 27.1 Å². The number of halogens is 1. The van der Waals surface area contributed by atoms with Crippen molar-refractivity contribution in [2.75, 3.05) is 5.75 Å². The molecule has 0 aliphatic carbocycles. The Morgan fingerprint density at radius 2 is 2.36 bits per heavy atom. The van der Waals surface area contributed by atoms with E-state index in [1.807, 2.05) is 22.5 Å². The molecule has 0 aliphatic rings. The minimum absolute atomic E-state index is 0.887. The van der Waals surface area contributed by atoms with E-state index in [1.165, 1.54) is 0 Å². The number of pyridine rings is 1. The van der Waals surface area contributed by atoms with Crippen LogP contribution in [0.5, 0.6) is 0 Å². The van der Waals surface area contributed by atoms with Crippen molar-refractivity contribution in [3.8, 4) is 0 Å². The van der Waals surface area contributed by atoms with Gasteiger partial charge in [0.1, 0.15) is 5.52 Å². The van der Waals surface area contributed by atoms with Crippen molar-refractivity contribution < 1.29 is 0 Å². The monoisotopic (exact) mass is 271 g/mol. The molecule has 0 radical (unpaired) electrons. The number of hydrogen-bond acceptors (Lipinski definition) is 3. The van der Waals surface area contributed by atoms with Crippen LogP contribution in [0.3, 0.4) is 0 Å². The van der Waals surface area contributed by atoms with Crippen molar-refractivity contribution in [1.29, 1.82) is 0 Å². The third-order valence-electron chi connectivity index (χ3n) is 1.88. The molecule has 2 aromatic rings. The van der Waals surface area contributed by atoms with E-state index in [0.29, 0.717) is 0 Å². The molecule has 0 spiro atoms. The van der Waals surface area contributed by atoms with Crippen LogP contribution < -0.4 is 0 Å². The Morgan fingerprint density at radius 3 is 3.14 bits per heavy atom. The van der Waals surface area contributed by atoms with Gasteiger partial charge in [-0.25, -0.2) is 0 Å². The minimum atomic E-state index is 0.887. The summed E-state index contributed by atoms with van der Waals surface area (Å²) in [6.45, 7) is 2.14. The van der Waals surface area contributed by atoms with Gasteiger partial charge in [-0.15, -0.1) is 11.8 Å². The van der Waals surface area contributed by atoms with E-state index in [4.69, 9.17) is 0 Å². The highest BCUT2D eigenvalue weighted by molar-refractivity contribution is 9.10. The van der Waals surface area contributed by atoms with E-state index in [2.05, 4.69) is 32.9 Å². The second kappa shape index (κ2) is 4.31. The fourth-order valence-corrected chi connectivity index (χ4v) is 2.09. The zero-order valence-electron chi connectivity index (χ0n) is 7.77. The van der Waals surface area contributed by atoms with Crippen molar-refractivity contribution in [2.45, 2.75) is 12.8 Å². The summed E-state index contributed by atoms with van der Waals surface area (Å²) < 4.78 is 2.97. The molecule has 0 bridgehead atoms. The van der Waals surface area contributed by atoms with Crippen LogP contribution in [0.1, 0.15) is 6.92 Å². The summed E-state index contributed by atoms with van der Waals surface area (Å²) in [4.78, 5) is 4.27. The lowest BCUT2D eigenvalue weighted by molar-refractivity contribution is 0.779. The third-order valence-corrected chi connectivity index (χ3v) is 3.15. The van der Waals surface area contributed by atoms with Crippen LogP contribution in [0.25, 0.3) is 11.0 Å². The molecule has 0 unspecified atom stereocenters. The van der Waals surface area contributed by atoms with Crippen LogP contribution in [-0.2, 0) is 5.88 Å². The number of aromatic nitrogens is 3. The first-order valence-electron chi connectivity index (χ1n) is 4.36. The van der Waals surface area contributed by atoms with E-state index < -0.39 is 0 Å². The highest BCUT2D eigenvalue weighted by Crippen LogP contribution is 2.18. The van der Waals surface area contributed by atoms with Crippen LogP contribution in [0, 0.1) is 0 Å². The molecule has 0 fully saturated rings. The molecule has 0 aliphatic heterocycles. The third kappa shape index (κ3) is 1.93. The minimum Gasteiger partial charge on any atom is -0.253 e. The van der Waals surface area contributed by atoms with E-state index in [1.54, 1.807) is 12.4 Å². The van der Waals surface area contributed by atoms with Crippen LogP contribution in [0.2, 0.25) is 0 Å². The molecular formula is C9H10BrN3S. The number of thioether (sulfide) groups is 1. The fraction of sp³-hybridized carbons (Fsp3) is 0.333. The van der Waals surface area contributed by atoms with Crippen LogP contribution in [-0.4, -0.2) is 20.5 Å². The SMILES string of the molecule is CCSCn1ncc2ncc(Br)cc21. The average molecular weight is 272 g/mol. The molecule has 3 nitrogen and oxygen atoms in total. The van der Waals surface area contributed by atoms with E-state index in [9.17, 15) is 0 Å². The summed E-state index contributed by atoms with van der Waals surface area (Å²) in [5, 5.41) is 4.29. The van der Waals surface area contributed by atoms with Crippen molar-refractivity contribution in [1.82, 2.24) is 14.8 Å². The highest BCUT2D eigenvalue weighted by Gasteiger charge is 2.03. The van der Waals surface area contributed by atoms with Gasteiger partial charge in [0, 0.05) is 10.7 Å². The number of hydrogen-bond donors (Lipinski definition) is 0. The van der Waals surface area contributed by atoms with Gasteiger partial charge in [0.2, 0.25) is 0 Å². The lowest BCUT2D eigenvalue weighted by atomic mass is 10.4. The molecule has 0 saturated carbocycles. The molecule has 0 aromatic carbocycles. The Kier molecular flexibility index (Phi) is 3.08. The summed E-state index contributed by atoms with van der Waals surface area (Å²) in [6.07, 6.45) is 3.60. The van der Waals surface area contributed by atoms with Gasteiger partial charge in [-0.1, -0.05) is 6.92 Å². The molecule has 0 N–H and O–H groups in total. The van der Waals surface area contributed by atoms with Crippen molar-refractivity contribution in [2.24, 2.45) is 0 Å². The standard InChI is InChI=1S/C9H10BrN3S/c1-2-14-6-13-9-3-7(10)4-11-8(9)5-12-13/h3-5H,2,6H2,1H3. The molecule has 2 aromatic heterocycles. The molecular weight excluding hydrogens is 262 g/mol. The first-order chi connectivity index (χ1) is 6.81. The lowest BCUT2D eigenvalue weighted by Gasteiger charge is -2.01. The zero-order valence-corrected chi connectivity index (χ0v) is 10.2. The largest absolute Gasteiger partial charge is 0.253 e. The summed E-state index contributed by atoms with van der Waals surface area (Å²) in [7, 11) is 0. The molecule has 0 saturated heterocycles. The second-order valence-electron chi connectivity index (χ2n) is 2.82. The van der Waals surface area contributed by atoms with E-state index >= 15 is 0 Å². The Bertz CT molecular complexity index is 441. The summed E-state index contributed by atoms with van der Waals surface area (Å²) in [6, 6.07) is 2.05. The maximum atomic E-state index is 4.29. The van der Waals surface area contributed by atoms with Gasteiger partial charge < -0.3 is 0 Å². The van der Waals surface area contributed by atoms with Crippen molar-refractivity contribution in [3.05, 3.63) is 22.9 Å². The number of rotatable bonds is 3. The molecule has 0 atom stereocenters. The molecule has 2 rings (SSSR count). The first-order valence-corrected chi connectivity index (χ1v) is 6.31. The maximum Gasteiger partial charge on any atom is 0.108 e. The van der Waals surface area contributed by atoms with Gasteiger partial charge in [0.05, 0.1) is 17.6 Å². The Hall–Kier alpha value is -0.550. The predicted octanol–water partition coefficient (Wildman–Crippen LogP) is 2.90. The van der Waals surface area contributed by atoms with E-state index in [-0.39, 0.29) is 0 Å². The fourth-order valence-electron chi connectivity index (χ4n) is 1.21. The van der Waals surface area contributed by atoms with Crippen LogP contribution in [0.4, 0.5) is 0 Å². The van der Waals surface area contributed by atoms with Gasteiger partial charge in [0.15, 0.2) is 0 Å². The normalized spacial score (nSPS) is 11.0. The molecule has 74 valence electrons.